The molecule has 6 rings (SSSR count). The molecule has 4 aromatic heterocycles. The molecule has 9 heteroatoms. The van der Waals surface area contributed by atoms with Crippen molar-refractivity contribution in [3.63, 3.8) is 0 Å². The van der Waals surface area contributed by atoms with Crippen molar-refractivity contribution in [3.05, 3.63) is 85.1 Å². The van der Waals surface area contributed by atoms with Gasteiger partial charge in [0.2, 0.25) is 0 Å². The summed E-state index contributed by atoms with van der Waals surface area (Å²) < 4.78 is 0. The molecule has 6 aromatic rings. The number of carbonyl (C=O) groups excluding carboxylic acids is 1. The van der Waals surface area contributed by atoms with Gasteiger partial charge in [0.25, 0.3) is 5.91 Å². The van der Waals surface area contributed by atoms with Crippen molar-refractivity contribution in [1.29, 1.82) is 0 Å². The zero-order valence-electron chi connectivity index (χ0n) is 17.1. The van der Waals surface area contributed by atoms with Gasteiger partial charge in [-0.25, -0.2) is 9.97 Å². The topological polar surface area (TPSA) is 125 Å². The quantitative estimate of drug-likeness (QED) is 0.383. The third kappa shape index (κ3) is 3.57. The lowest BCUT2D eigenvalue weighted by molar-refractivity contribution is 0.102. The molecule has 9 nitrogen and oxygen atoms in total. The van der Waals surface area contributed by atoms with E-state index in [1.54, 1.807) is 18.5 Å². The van der Waals surface area contributed by atoms with E-state index in [1.165, 1.54) is 12.4 Å². The van der Waals surface area contributed by atoms with Gasteiger partial charge < -0.3 is 10.3 Å². The van der Waals surface area contributed by atoms with Gasteiger partial charge in [0.1, 0.15) is 5.69 Å². The summed E-state index contributed by atoms with van der Waals surface area (Å²) in [4.78, 5) is 25.0. The van der Waals surface area contributed by atoms with Gasteiger partial charge in [0.15, 0.2) is 5.82 Å². The van der Waals surface area contributed by atoms with E-state index < -0.39 is 0 Å². The molecule has 0 aliphatic heterocycles. The first-order chi connectivity index (χ1) is 16.2. The summed E-state index contributed by atoms with van der Waals surface area (Å²) in [6.07, 6.45) is 6.55. The minimum atomic E-state index is -0.250. The highest BCUT2D eigenvalue weighted by Crippen LogP contribution is 2.26. The summed E-state index contributed by atoms with van der Waals surface area (Å²) in [5, 5.41) is 19.2. The van der Waals surface area contributed by atoms with Crippen molar-refractivity contribution in [1.82, 2.24) is 35.3 Å². The maximum absolute atomic E-state index is 12.6. The highest BCUT2D eigenvalue weighted by molar-refractivity contribution is 6.06. The highest BCUT2D eigenvalue weighted by Gasteiger charge is 2.12. The maximum atomic E-state index is 12.6. The van der Waals surface area contributed by atoms with Crippen molar-refractivity contribution < 1.29 is 4.79 Å². The minimum absolute atomic E-state index is 0.250. The molecule has 158 valence electrons. The number of H-pyrrole nitrogens is 2. The maximum Gasteiger partial charge on any atom is 0.272 e. The molecule has 4 heterocycles. The number of nitrogens with zero attached hydrogens (tertiary/aromatic N) is 5. The Labute approximate surface area is 186 Å². The molecular formula is C24H16N8O. The summed E-state index contributed by atoms with van der Waals surface area (Å²) in [5.41, 5.74) is 5.46. The van der Waals surface area contributed by atoms with Crippen LogP contribution in [0.1, 0.15) is 10.5 Å². The van der Waals surface area contributed by atoms with Gasteiger partial charge in [0.05, 0.1) is 35.5 Å². The van der Waals surface area contributed by atoms with E-state index in [4.69, 9.17) is 4.98 Å². The Morgan fingerprint density at radius 1 is 0.818 bits per heavy atom. The fourth-order valence-electron chi connectivity index (χ4n) is 3.71. The van der Waals surface area contributed by atoms with Crippen LogP contribution in [-0.2, 0) is 0 Å². The number of benzene rings is 2. The van der Waals surface area contributed by atoms with E-state index in [1.807, 2.05) is 48.5 Å². The summed E-state index contributed by atoms with van der Waals surface area (Å²) >= 11 is 0. The van der Waals surface area contributed by atoms with Crippen LogP contribution in [0.2, 0.25) is 0 Å². The van der Waals surface area contributed by atoms with E-state index in [0.717, 1.165) is 38.6 Å². The first-order valence-electron chi connectivity index (χ1n) is 10.2. The van der Waals surface area contributed by atoms with Crippen LogP contribution in [0.15, 0.2) is 79.4 Å². The molecule has 0 atom stereocenters. The van der Waals surface area contributed by atoms with Crippen LogP contribution in [0.3, 0.4) is 0 Å². The lowest BCUT2D eigenvalue weighted by Crippen LogP contribution is -2.12. The average Bonchev–Trinajstić information content (AvgIpc) is 3.51. The second-order valence-corrected chi connectivity index (χ2v) is 7.51. The predicted octanol–water partition coefficient (Wildman–Crippen LogP) is 4.21. The zero-order chi connectivity index (χ0) is 22.2. The first kappa shape index (κ1) is 18.8. The number of amides is 1. The van der Waals surface area contributed by atoms with Crippen LogP contribution < -0.4 is 5.32 Å². The highest BCUT2D eigenvalue weighted by atomic mass is 16.1. The van der Waals surface area contributed by atoms with Crippen LogP contribution in [0.4, 0.5) is 5.69 Å². The Bertz CT molecular complexity index is 1620. The number of anilines is 1. The first-order valence-corrected chi connectivity index (χ1v) is 10.2. The van der Waals surface area contributed by atoms with Crippen LogP contribution >= 0.6 is 0 Å². The lowest BCUT2D eigenvalue weighted by Gasteiger charge is -2.05. The molecule has 33 heavy (non-hydrogen) atoms. The Morgan fingerprint density at radius 2 is 1.76 bits per heavy atom. The van der Waals surface area contributed by atoms with Gasteiger partial charge in [-0.3, -0.25) is 9.89 Å². The molecule has 0 radical (unpaired) electrons. The number of rotatable bonds is 4. The largest absolute Gasteiger partial charge is 0.351 e. The van der Waals surface area contributed by atoms with Gasteiger partial charge >= 0.3 is 0 Å². The fourth-order valence-corrected chi connectivity index (χ4v) is 3.71. The standard InChI is InChI=1S/C24H16N8O/c33-24(29-18-5-8-26-27-13-18)22-11-15-2-1-14(10-21(15)30-22)19-6-7-25-23(31-19)16-3-4-20-17(9-16)12-28-32-20/h1-13,30H,(H,28,32)(H,26,29,33). The second-order valence-electron chi connectivity index (χ2n) is 7.51. The van der Waals surface area contributed by atoms with E-state index in [-0.39, 0.29) is 5.91 Å². The molecule has 0 aliphatic rings. The fraction of sp³-hybridized carbons (Fsp3) is 0. The molecule has 1 amide bonds. The molecule has 0 saturated heterocycles. The number of aromatic amines is 2. The number of aromatic nitrogens is 7. The summed E-state index contributed by atoms with van der Waals surface area (Å²) in [5.74, 6) is 0.382. The second kappa shape index (κ2) is 7.65. The predicted molar refractivity (Wildman–Crippen MR) is 124 cm³/mol. The van der Waals surface area contributed by atoms with Gasteiger partial charge in [-0.1, -0.05) is 12.1 Å². The third-order valence-electron chi connectivity index (χ3n) is 5.36. The number of fused-ring (bicyclic) bond motifs is 2. The normalized spacial score (nSPS) is 11.2. The van der Waals surface area contributed by atoms with Crippen molar-refractivity contribution in [3.8, 4) is 22.6 Å². The molecule has 0 bridgehead atoms. The van der Waals surface area contributed by atoms with Crippen molar-refractivity contribution in [2.45, 2.75) is 0 Å². The molecule has 3 N–H and O–H groups in total. The Kier molecular flexibility index (Phi) is 4.36. The summed E-state index contributed by atoms with van der Waals surface area (Å²) in [6.45, 7) is 0. The van der Waals surface area contributed by atoms with Crippen LogP contribution in [0, 0.1) is 0 Å². The number of hydrogen-bond donors (Lipinski definition) is 3. The smallest absolute Gasteiger partial charge is 0.272 e. The molecule has 0 spiro atoms. The van der Waals surface area contributed by atoms with Gasteiger partial charge in [0, 0.05) is 33.6 Å². The van der Waals surface area contributed by atoms with Crippen molar-refractivity contribution in [2.75, 3.05) is 5.32 Å². The summed E-state index contributed by atoms with van der Waals surface area (Å²) in [7, 11) is 0. The van der Waals surface area contributed by atoms with Gasteiger partial charge in [-0.2, -0.15) is 15.3 Å². The number of nitrogens with one attached hydrogen (secondary N) is 3. The van der Waals surface area contributed by atoms with Gasteiger partial charge in [-0.05, 0) is 42.5 Å². The van der Waals surface area contributed by atoms with Gasteiger partial charge in [-0.15, -0.1) is 0 Å². The molecule has 0 aliphatic carbocycles. The molecular weight excluding hydrogens is 416 g/mol. The van der Waals surface area contributed by atoms with Crippen molar-refractivity contribution >= 4 is 33.4 Å². The zero-order valence-corrected chi connectivity index (χ0v) is 17.1. The molecule has 0 unspecified atom stereocenters. The monoisotopic (exact) mass is 432 g/mol. The summed E-state index contributed by atoms with van der Waals surface area (Å²) in [6, 6.07) is 17.2. The lowest BCUT2D eigenvalue weighted by atomic mass is 10.1. The van der Waals surface area contributed by atoms with E-state index in [2.05, 4.69) is 35.7 Å². The van der Waals surface area contributed by atoms with E-state index in [9.17, 15) is 4.79 Å². The minimum Gasteiger partial charge on any atom is -0.351 e. The Balaban J connectivity index is 1.31. The number of carbonyl (C=O) groups is 1. The number of hydrogen-bond acceptors (Lipinski definition) is 6. The molecule has 0 fully saturated rings. The molecule has 2 aromatic carbocycles. The third-order valence-corrected chi connectivity index (χ3v) is 5.36. The Hall–Kier alpha value is -4.92. The van der Waals surface area contributed by atoms with Crippen LogP contribution in [-0.4, -0.2) is 41.3 Å². The van der Waals surface area contributed by atoms with E-state index in [0.29, 0.717) is 17.2 Å². The van der Waals surface area contributed by atoms with E-state index >= 15 is 0 Å². The van der Waals surface area contributed by atoms with Crippen LogP contribution in [0.25, 0.3) is 44.5 Å². The van der Waals surface area contributed by atoms with Crippen LogP contribution in [0.5, 0.6) is 0 Å². The average molecular weight is 432 g/mol. The van der Waals surface area contributed by atoms with Crippen molar-refractivity contribution in [2.24, 2.45) is 0 Å². The Morgan fingerprint density at radius 3 is 2.67 bits per heavy atom. The molecule has 0 saturated carbocycles. The SMILES string of the molecule is O=C(Nc1ccnnc1)c1cc2ccc(-c3ccnc(-c4ccc5[nH]ncc5c4)n3)cc2[nH]1.